The third-order valence-corrected chi connectivity index (χ3v) is 5.61. The van der Waals surface area contributed by atoms with Crippen molar-refractivity contribution < 1.29 is 4.79 Å². The van der Waals surface area contributed by atoms with Crippen LogP contribution in [0.4, 0.5) is 5.69 Å². The first-order valence-electron chi connectivity index (χ1n) is 7.86. The molecule has 1 aromatic heterocycles. The third-order valence-electron chi connectivity index (χ3n) is 4.38. The van der Waals surface area contributed by atoms with Crippen LogP contribution in [0.2, 0.25) is 0 Å². The van der Waals surface area contributed by atoms with Crippen LogP contribution >= 0.6 is 11.3 Å². The van der Waals surface area contributed by atoms with Crippen molar-refractivity contribution in [2.24, 2.45) is 0 Å². The topological polar surface area (TPSA) is 20.3 Å². The molecule has 2 nitrogen and oxygen atoms in total. The number of fused-ring (bicyclic) bond motifs is 1. The standard InChI is InChI=1S/C19H23NOS/c1-19(2,3)14-8-10-15(11-9-14)20(4)18(21)17-12-13-6-5-7-16(13)22-17/h8-12H,5-7H2,1-4H3. The minimum atomic E-state index is 0.0999. The zero-order valence-electron chi connectivity index (χ0n) is 13.8. The number of carbonyl (C=O) groups excluding carboxylic acids is 1. The molecule has 3 heteroatoms. The highest BCUT2D eigenvalue weighted by molar-refractivity contribution is 7.14. The maximum Gasteiger partial charge on any atom is 0.268 e. The van der Waals surface area contributed by atoms with Gasteiger partial charge < -0.3 is 4.90 Å². The second-order valence-corrected chi connectivity index (χ2v) is 8.21. The third kappa shape index (κ3) is 2.82. The van der Waals surface area contributed by atoms with E-state index in [-0.39, 0.29) is 11.3 Å². The van der Waals surface area contributed by atoms with Gasteiger partial charge in [-0.15, -0.1) is 11.3 Å². The molecule has 0 aliphatic heterocycles. The first-order chi connectivity index (χ1) is 10.4. The van der Waals surface area contributed by atoms with Gasteiger partial charge in [0.25, 0.3) is 5.91 Å². The molecule has 22 heavy (non-hydrogen) atoms. The molecule has 116 valence electrons. The zero-order valence-corrected chi connectivity index (χ0v) is 14.6. The lowest BCUT2D eigenvalue weighted by molar-refractivity contribution is 0.0997. The van der Waals surface area contributed by atoms with E-state index in [4.69, 9.17) is 0 Å². The summed E-state index contributed by atoms with van der Waals surface area (Å²) in [6, 6.07) is 10.4. The van der Waals surface area contributed by atoms with Crippen molar-refractivity contribution >= 4 is 22.9 Å². The van der Waals surface area contributed by atoms with Crippen molar-refractivity contribution in [2.45, 2.75) is 45.4 Å². The van der Waals surface area contributed by atoms with Gasteiger partial charge in [-0.2, -0.15) is 0 Å². The Morgan fingerprint density at radius 3 is 2.41 bits per heavy atom. The summed E-state index contributed by atoms with van der Waals surface area (Å²) < 4.78 is 0. The summed E-state index contributed by atoms with van der Waals surface area (Å²) in [6.45, 7) is 6.60. The maximum absolute atomic E-state index is 12.7. The zero-order chi connectivity index (χ0) is 15.9. The van der Waals surface area contributed by atoms with Crippen LogP contribution in [0.15, 0.2) is 30.3 Å². The molecule has 1 aromatic carbocycles. The molecule has 0 unspecified atom stereocenters. The number of aryl methyl sites for hydroxylation is 2. The average Bonchev–Trinajstić information content (AvgIpc) is 3.06. The molecule has 0 N–H and O–H groups in total. The Bertz CT molecular complexity index is 670. The monoisotopic (exact) mass is 313 g/mol. The molecule has 1 amide bonds. The first kappa shape index (κ1) is 15.3. The van der Waals surface area contributed by atoms with Gasteiger partial charge in [-0.1, -0.05) is 32.9 Å². The highest BCUT2D eigenvalue weighted by Crippen LogP contribution is 2.32. The number of benzene rings is 1. The summed E-state index contributed by atoms with van der Waals surface area (Å²) in [7, 11) is 1.86. The SMILES string of the molecule is CN(C(=O)c1cc2c(s1)CCC2)c1ccc(C(C)(C)C)cc1. The van der Waals surface area contributed by atoms with Crippen molar-refractivity contribution in [3.63, 3.8) is 0 Å². The highest BCUT2D eigenvalue weighted by Gasteiger charge is 2.21. The molecule has 0 atom stereocenters. The summed E-state index contributed by atoms with van der Waals surface area (Å²) in [4.78, 5) is 16.7. The number of rotatable bonds is 2. The Morgan fingerprint density at radius 2 is 1.82 bits per heavy atom. The second-order valence-electron chi connectivity index (χ2n) is 7.07. The van der Waals surface area contributed by atoms with Gasteiger partial charge >= 0.3 is 0 Å². The van der Waals surface area contributed by atoms with Crippen LogP contribution in [0.25, 0.3) is 0 Å². The average molecular weight is 313 g/mol. The number of hydrogen-bond donors (Lipinski definition) is 0. The second kappa shape index (κ2) is 5.54. The Morgan fingerprint density at radius 1 is 1.14 bits per heavy atom. The Balaban J connectivity index is 1.80. The number of anilines is 1. The minimum absolute atomic E-state index is 0.0999. The fourth-order valence-corrected chi connectivity index (χ4v) is 4.13. The van der Waals surface area contributed by atoms with E-state index in [0.29, 0.717) is 0 Å². The van der Waals surface area contributed by atoms with E-state index in [0.717, 1.165) is 23.4 Å². The molecule has 0 saturated heterocycles. The lowest BCUT2D eigenvalue weighted by atomic mass is 9.87. The molecule has 2 aromatic rings. The van der Waals surface area contributed by atoms with E-state index < -0.39 is 0 Å². The van der Waals surface area contributed by atoms with Gasteiger partial charge in [0.1, 0.15) is 0 Å². The lowest BCUT2D eigenvalue weighted by Gasteiger charge is -2.21. The summed E-state index contributed by atoms with van der Waals surface area (Å²) in [5, 5.41) is 0. The van der Waals surface area contributed by atoms with Crippen molar-refractivity contribution in [3.05, 3.63) is 51.2 Å². The largest absolute Gasteiger partial charge is 0.311 e. The molecule has 0 fully saturated rings. The minimum Gasteiger partial charge on any atom is -0.311 e. The quantitative estimate of drug-likeness (QED) is 0.779. The Labute approximate surface area is 136 Å². The molecule has 0 radical (unpaired) electrons. The number of carbonyl (C=O) groups is 1. The molecular formula is C19H23NOS. The van der Waals surface area contributed by atoms with Crippen LogP contribution in [0.3, 0.4) is 0 Å². The number of hydrogen-bond acceptors (Lipinski definition) is 2. The molecule has 3 rings (SSSR count). The molecule has 0 saturated carbocycles. The van der Waals surface area contributed by atoms with Crippen molar-refractivity contribution in [2.75, 3.05) is 11.9 Å². The summed E-state index contributed by atoms with van der Waals surface area (Å²) in [6.07, 6.45) is 3.50. The van der Waals surface area contributed by atoms with Crippen LogP contribution in [0.5, 0.6) is 0 Å². The van der Waals surface area contributed by atoms with Crippen LogP contribution in [-0.4, -0.2) is 13.0 Å². The Kier molecular flexibility index (Phi) is 3.85. The summed E-state index contributed by atoms with van der Waals surface area (Å²) in [5.41, 5.74) is 3.75. The normalized spacial score (nSPS) is 14.0. The predicted molar refractivity (Wildman–Crippen MR) is 94.2 cm³/mol. The van der Waals surface area contributed by atoms with Gasteiger partial charge in [-0.25, -0.2) is 0 Å². The van der Waals surface area contributed by atoms with Crippen LogP contribution in [0.1, 0.15) is 52.9 Å². The smallest absolute Gasteiger partial charge is 0.268 e. The predicted octanol–water partition coefficient (Wildman–Crippen LogP) is 4.81. The van der Waals surface area contributed by atoms with E-state index in [1.807, 2.05) is 19.2 Å². The van der Waals surface area contributed by atoms with Crippen molar-refractivity contribution in [3.8, 4) is 0 Å². The van der Waals surface area contributed by atoms with Gasteiger partial charge in [-0.05, 0) is 54.0 Å². The first-order valence-corrected chi connectivity index (χ1v) is 8.68. The molecule has 1 aliphatic rings. The summed E-state index contributed by atoms with van der Waals surface area (Å²) >= 11 is 1.67. The van der Waals surface area contributed by atoms with E-state index in [1.54, 1.807) is 16.2 Å². The number of nitrogens with zero attached hydrogens (tertiary/aromatic N) is 1. The molecular weight excluding hydrogens is 290 g/mol. The number of amides is 1. The van der Waals surface area contributed by atoms with Crippen LogP contribution in [0, 0.1) is 0 Å². The molecule has 1 heterocycles. The maximum atomic E-state index is 12.7. The van der Waals surface area contributed by atoms with Gasteiger partial charge in [0.15, 0.2) is 0 Å². The molecule has 1 aliphatic carbocycles. The van der Waals surface area contributed by atoms with Gasteiger partial charge in [0, 0.05) is 17.6 Å². The molecule has 0 spiro atoms. The van der Waals surface area contributed by atoms with Crippen molar-refractivity contribution in [1.82, 2.24) is 0 Å². The molecule has 0 bridgehead atoms. The highest BCUT2D eigenvalue weighted by atomic mass is 32.1. The van der Waals surface area contributed by atoms with E-state index in [9.17, 15) is 4.79 Å². The summed E-state index contributed by atoms with van der Waals surface area (Å²) in [5.74, 6) is 0.0999. The fourth-order valence-electron chi connectivity index (χ4n) is 2.90. The van der Waals surface area contributed by atoms with E-state index >= 15 is 0 Å². The van der Waals surface area contributed by atoms with Crippen LogP contribution < -0.4 is 4.90 Å². The van der Waals surface area contributed by atoms with E-state index in [2.05, 4.69) is 39.0 Å². The van der Waals surface area contributed by atoms with Crippen molar-refractivity contribution in [1.29, 1.82) is 0 Å². The Hall–Kier alpha value is -1.61. The van der Waals surface area contributed by atoms with Gasteiger partial charge in [-0.3, -0.25) is 4.79 Å². The number of thiophene rings is 1. The fraction of sp³-hybridized carbons (Fsp3) is 0.421. The van der Waals surface area contributed by atoms with E-state index in [1.165, 1.54) is 22.4 Å². The van der Waals surface area contributed by atoms with Crippen LogP contribution in [-0.2, 0) is 18.3 Å². The van der Waals surface area contributed by atoms with Gasteiger partial charge in [0.2, 0.25) is 0 Å². The lowest BCUT2D eigenvalue weighted by Crippen LogP contribution is -2.25. The van der Waals surface area contributed by atoms with Gasteiger partial charge in [0.05, 0.1) is 4.88 Å².